The SMILES string of the molecule is COc1ccc(/C=C2\CCCC3C2=NN(C(=O)Cn2nc(C(F)(F)F)cc2C)C3c2ccc(OC)cc2)cc1. The Morgan fingerprint density at radius 2 is 1.69 bits per heavy atom. The summed E-state index contributed by atoms with van der Waals surface area (Å²) < 4.78 is 51.3. The number of hydrazone groups is 1. The van der Waals surface area contributed by atoms with Crippen LogP contribution in [0.3, 0.4) is 0 Å². The molecule has 2 heterocycles. The van der Waals surface area contributed by atoms with Gasteiger partial charge in [0.2, 0.25) is 0 Å². The molecular formula is C29H29F3N4O3. The van der Waals surface area contributed by atoms with Crippen molar-refractivity contribution < 1.29 is 27.4 Å². The lowest BCUT2D eigenvalue weighted by atomic mass is 9.77. The number of allylic oxidation sites excluding steroid dienone is 1. The summed E-state index contributed by atoms with van der Waals surface area (Å²) in [5, 5.41) is 9.90. The van der Waals surface area contributed by atoms with Crippen LogP contribution in [0, 0.1) is 12.8 Å². The van der Waals surface area contributed by atoms with Crippen molar-refractivity contribution in [1.29, 1.82) is 0 Å². The molecule has 204 valence electrons. The number of alkyl halides is 3. The normalized spacial score (nSPS) is 20.1. The number of nitrogens with zero attached hydrogens (tertiary/aromatic N) is 4. The average molecular weight is 539 g/mol. The zero-order valence-corrected chi connectivity index (χ0v) is 21.9. The molecule has 2 aromatic carbocycles. The Bertz CT molecular complexity index is 1410. The first-order valence-electron chi connectivity index (χ1n) is 12.7. The number of aromatic nitrogens is 2. The molecule has 0 radical (unpaired) electrons. The molecule has 1 aromatic heterocycles. The number of halogens is 3. The molecule has 1 amide bonds. The average Bonchev–Trinajstić information content (AvgIpc) is 3.50. The Morgan fingerprint density at radius 3 is 2.28 bits per heavy atom. The van der Waals surface area contributed by atoms with Crippen LogP contribution in [-0.4, -0.2) is 40.6 Å². The van der Waals surface area contributed by atoms with E-state index in [2.05, 4.69) is 11.2 Å². The zero-order chi connectivity index (χ0) is 27.7. The molecule has 2 atom stereocenters. The van der Waals surface area contributed by atoms with Gasteiger partial charge in [0.15, 0.2) is 5.69 Å². The minimum absolute atomic E-state index is 0.0509. The van der Waals surface area contributed by atoms with Gasteiger partial charge in [-0.2, -0.15) is 23.4 Å². The Labute approximate surface area is 224 Å². The molecule has 2 aliphatic rings. The molecule has 7 nitrogen and oxygen atoms in total. The number of rotatable bonds is 6. The van der Waals surface area contributed by atoms with Gasteiger partial charge in [0.1, 0.15) is 18.0 Å². The van der Waals surface area contributed by atoms with Crippen LogP contribution >= 0.6 is 0 Å². The molecule has 2 unspecified atom stereocenters. The van der Waals surface area contributed by atoms with Crippen LogP contribution in [0.1, 0.15) is 47.8 Å². The third-order valence-corrected chi connectivity index (χ3v) is 7.23. The third kappa shape index (κ3) is 5.41. The van der Waals surface area contributed by atoms with Crippen molar-refractivity contribution in [1.82, 2.24) is 14.8 Å². The van der Waals surface area contributed by atoms with E-state index >= 15 is 0 Å². The van der Waals surface area contributed by atoms with Crippen LogP contribution in [-0.2, 0) is 17.5 Å². The first-order chi connectivity index (χ1) is 18.7. The van der Waals surface area contributed by atoms with Gasteiger partial charge in [0.05, 0.1) is 26.0 Å². The van der Waals surface area contributed by atoms with E-state index in [0.717, 1.165) is 58.2 Å². The van der Waals surface area contributed by atoms with E-state index in [1.54, 1.807) is 14.2 Å². The van der Waals surface area contributed by atoms with Gasteiger partial charge in [-0.05, 0) is 79.3 Å². The summed E-state index contributed by atoms with van der Waals surface area (Å²) in [6.07, 6.45) is 0.0587. The number of benzene rings is 2. The maximum atomic E-state index is 13.6. The van der Waals surface area contributed by atoms with Crippen molar-refractivity contribution in [3.63, 3.8) is 0 Å². The van der Waals surface area contributed by atoms with Gasteiger partial charge in [0, 0.05) is 11.6 Å². The molecule has 1 fully saturated rings. The Hall–Kier alpha value is -4.08. The lowest BCUT2D eigenvalue weighted by molar-refractivity contribution is -0.142. The molecule has 5 rings (SSSR count). The molecule has 0 N–H and O–H groups in total. The molecule has 3 aromatic rings. The second kappa shape index (κ2) is 10.6. The van der Waals surface area contributed by atoms with Gasteiger partial charge in [-0.25, -0.2) is 5.01 Å². The molecule has 1 saturated carbocycles. The molecule has 1 aliphatic heterocycles. The smallest absolute Gasteiger partial charge is 0.435 e. The number of fused-ring (bicyclic) bond motifs is 1. The number of amides is 1. The van der Waals surface area contributed by atoms with Gasteiger partial charge in [-0.15, -0.1) is 0 Å². The number of methoxy groups -OCH3 is 2. The monoisotopic (exact) mass is 538 g/mol. The van der Waals surface area contributed by atoms with Crippen molar-refractivity contribution in [3.8, 4) is 11.5 Å². The zero-order valence-electron chi connectivity index (χ0n) is 21.9. The fraction of sp³-hybridized carbons (Fsp3) is 0.345. The molecular weight excluding hydrogens is 509 g/mol. The fourth-order valence-electron chi connectivity index (χ4n) is 5.25. The first-order valence-corrected chi connectivity index (χ1v) is 12.7. The Balaban J connectivity index is 1.50. The molecule has 0 saturated heterocycles. The van der Waals surface area contributed by atoms with Crippen molar-refractivity contribution in [2.45, 2.75) is 44.9 Å². The van der Waals surface area contributed by atoms with E-state index in [1.165, 1.54) is 11.9 Å². The van der Waals surface area contributed by atoms with E-state index < -0.39 is 23.8 Å². The fourth-order valence-corrected chi connectivity index (χ4v) is 5.25. The highest BCUT2D eigenvalue weighted by Gasteiger charge is 2.44. The first kappa shape index (κ1) is 26.5. The van der Waals surface area contributed by atoms with Crippen molar-refractivity contribution in [2.24, 2.45) is 11.0 Å². The minimum atomic E-state index is -4.59. The standard InChI is InChI=1S/C29H29F3N4O3/c1-18-15-25(29(30,31)32)33-35(18)17-26(37)36-28(20-9-13-23(39-3)14-10-20)24-6-4-5-21(27(24)34-36)16-19-7-11-22(38-2)12-8-19/h7-16,24,28H,4-6,17H2,1-3H3/b21-16+. The highest BCUT2D eigenvalue weighted by molar-refractivity contribution is 6.08. The lowest BCUT2D eigenvalue weighted by Gasteiger charge is -2.29. The topological polar surface area (TPSA) is 69.0 Å². The number of aryl methyl sites for hydroxylation is 1. The van der Waals surface area contributed by atoms with Gasteiger partial charge < -0.3 is 9.47 Å². The van der Waals surface area contributed by atoms with Crippen LogP contribution in [0.15, 0.2) is 65.3 Å². The van der Waals surface area contributed by atoms with Gasteiger partial charge in [-0.3, -0.25) is 9.48 Å². The Kier molecular flexibility index (Phi) is 7.20. The maximum Gasteiger partial charge on any atom is 0.435 e. The molecule has 39 heavy (non-hydrogen) atoms. The number of ether oxygens (including phenoxy) is 2. The quantitative estimate of drug-likeness (QED) is 0.383. The number of carbonyl (C=O) groups excluding carboxylic acids is 1. The van der Waals surface area contributed by atoms with Crippen molar-refractivity contribution in [3.05, 3.63) is 82.7 Å². The van der Waals surface area contributed by atoms with Crippen molar-refractivity contribution in [2.75, 3.05) is 14.2 Å². The van der Waals surface area contributed by atoms with Crippen LogP contribution in [0.2, 0.25) is 0 Å². The van der Waals surface area contributed by atoms with Crippen LogP contribution in [0.25, 0.3) is 6.08 Å². The molecule has 0 bridgehead atoms. The number of hydrogen-bond donors (Lipinski definition) is 0. The summed E-state index contributed by atoms with van der Waals surface area (Å²) in [6, 6.07) is 15.7. The third-order valence-electron chi connectivity index (χ3n) is 7.23. The van der Waals surface area contributed by atoms with Gasteiger partial charge >= 0.3 is 6.18 Å². The summed E-state index contributed by atoms with van der Waals surface area (Å²) in [7, 11) is 3.20. The summed E-state index contributed by atoms with van der Waals surface area (Å²) in [5.41, 5.74) is 2.98. The minimum Gasteiger partial charge on any atom is -0.497 e. The summed E-state index contributed by atoms with van der Waals surface area (Å²) in [4.78, 5) is 13.6. The highest BCUT2D eigenvalue weighted by Crippen LogP contribution is 2.45. The molecule has 1 aliphatic carbocycles. The van der Waals surface area contributed by atoms with Crippen molar-refractivity contribution >= 4 is 17.7 Å². The highest BCUT2D eigenvalue weighted by atomic mass is 19.4. The maximum absolute atomic E-state index is 13.6. The molecule has 0 spiro atoms. The number of carbonyl (C=O) groups is 1. The predicted molar refractivity (Wildman–Crippen MR) is 140 cm³/mol. The number of hydrogen-bond acceptors (Lipinski definition) is 5. The lowest BCUT2D eigenvalue weighted by Crippen LogP contribution is -2.34. The second-order valence-corrected chi connectivity index (χ2v) is 9.71. The summed E-state index contributed by atoms with van der Waals surface area (Å²) in [6.45, 7) is 1.15. The van der Waals surface area contributed by atoms with E-state index in [4.69, 9.17) is 14.6 Å². The van der Waals surface area contributed by atoms with E-state index in [9.17, 15) is 18.0 Å². The Morgan fingerprint density at radius 1 is 1.05 bits per heavy atom. The van der Waals surface area contributed by atoms with Crippen LogP contribution < -0.4 is 9.47 Å². The van der Waals surface area contributed by atoms with Gasteiger partial charge in [0.25, 0.3) is 5.91 Å². The second-order valence-electron chi connectivity index (χ2n) is 9.71. The summed E-state index contributed by atoms with van der Waals surface area (Å²) in [5.74, 6) is 0.966. The van der Waals surface area contributed by atoms with E-state index in [-0.39, 0.29) is 18.2 Å². The van der Waals surface area contributed by atoms with Crippen LogP contribution in [0.4, 0.5) is 13.2 Å². The largest absolute Gasteiger partial charge is 0.497 e. The molecule has 10 heteroatoms. The van der Waals surface area contributed by atoms with E-state index in [1.807, 2.05) is 48.5 Å². The summed E-state index contributed by atoms with van der Waals surface area (Å²) >= 11 is 0. The van der Waals surface area contributed by atoms with Gasteiger partial charge in [-0.1, -0.05) is 24.3 Å². The van der Waals surface area contributed by atoms with Crippen LogP contribution in [0.5, 0.6) is 11.5 Å². The predicted octanol–water partition coefficient (Wildman–Crippen LogP) is 6.05. The van der Waals surface area contributed by atoms with E-state index in [0.29, 0.717) is 5.75 Å².